The Morgan fingerprint density at radius 3 is 2.68 bits per heavy atom. The molecule has 0 saturated carbocycles. The van der Waals surface area contributed by atoms with Gasteiger partial charge in [-0.2, -0.15) is 0 Å². The number of ether oxygens (including phenoxy) is 1. The monoisotopic (exact) mass is 255 g/mol. The van der Waals surface area contributed by atoms with Crippen LogP contribution in [0.5, 0.6) is 5.75 Å². The highest BCUT2D eigenvalue weighted by Gasteiger charge is 2.09. The number of fused-ring (bicyclic) bond motifs is 1. The van der Waals surface area contributed by atoms with Crippen molar-refractivity contribution in [1.82, 2.24) is 14.6 Å². The van der Waals surface area contributed by atoms with Crippen LogP contribution in [0.2, 0.25) is 0 Å². The molecule has 2 aromatic heterocycles. The molecule has 2 heterocycles. The lowest BCUT2D eigenvalue weighted by molar-refractivity contribution is 0.415. The van der Waals surface area contributed by atoms with Crippen LogP contribution in [0.4, 0.5) is 0 Å². The van der Waals surface area contributed by atoms with E-state index in [1.807, 2.05) is 31.2 Å². The number of hydrogen-bond donors (Lipinski definition) is 1. The molecule has 0 saturated heterocycles. The molecule has 96 valence electrons. The number of hydrogen-bond acceptors (Lipinski definition) is 3. The Balaban J connectivity index is 2.22. The van der Waals surface area contributed by atoms with Crippen LogP contribution in [0.15, 0.2) is 41.3 Å². The van der Waals surface area contributed by atoms with Crippen LogP contribution >= 0.6 is 0 Å². The summed E-state index contributed by atoms with van der Waals surface area (Å²) in [6.07, 6.45) is 1.69. The Bertz CT molecular complexity index is 785. The van der Waals surface area contributed by atoms with E-state index >= 15 is 0 Å². The lowest BCUT2D eigenvalue weighted by Crippen LogP contribution is -2.09. The molecule has 5 heteroatoms. The number of imidazole rings is 1. The van der Waals surface area contributed by atoms with Gasteiger partial charge in [0.2, 0.25) is 11.1 Å². The van der Waals surface area contributed by atoms with E-state index in [-0.39, 0.29) is 5.43 Å². The molecule has 0 aliphatic heterocycles. The smallest absolute Gasteiger partial charge is 0.224 e. The Labute approximate surface area is 109 Å². The molecule has 0 atom stereocenters. The van der Waals surface area contributed by atoms with Crippen LogP contribution in [0.25, 0.3) is 16.9 Å². The summed E-state index contributed by atoms with van der Waals surface area (Å²) in [4.78, 5) is 16.0. The molecule has 0 amide bonds. The fourth-order valence-electron chi connectivity index (χ4n) is 2.07. The third-order valence-corrected chi connectivity index (χ3v) is 3.00. The fraction of sp³-hybridized carbons (Fsp3) is 0.143. The summed E-state index contributed by atoms with van der Waals surface area (Å²) in [5.41, 5.74) is 2.92. The standard InChI is InChI=1S/C14H13N3O2/c1-9-7-13(18)14-15-8-12(17(14)16-9)10-3-5-11(19-2)6-4-10/h3-8,16H,1-2H3. The van der Waals surface area contributed by atoms with E-state index in [0.29, 0.717) is 5.65 Å². The van der Waals surface area contributed by atoms with Gasteiger partial charge in [-0.1, -0.05) is 0 Å². The van der Waals surface area contributed by atoms with Gasteiger partial charge in [0.25, 0.3) is 0 Å². The molecule has 0 aliphatic carbocycles. The molecule has 0 fully saturated rings. The van der Waals surface area contributed by atoms with Gasteiger partial charge in [-0.15, -0.1) is 0 Å². The fourth-order valence-corrected chi connectivity index (χ4v) is 2.07. The first-order valence-corrected chi connectivity index (χ1v) is 5.91. The van der Waals surface area contributed by atoms with Crippen molar-refractivity contribution in [3.63, 3.8) is 0 Å². The molecule has 19 heavy (non-hydrogen) atoms. The summed E-state index contributed by atoms with van der Waals surface area (Å²) >= 11 is 0. The average Bonchev–Trinajstić information content (AvgIpc) is 2.83. The van der Waals surface area contributed by atoms with Crippen LogP contribution in [-0.2, 0) is 0 Å². The third kappa shape index (κ3) is 1.89. The van der Waals surface area contributed by atoms with E-state index < -0.39 is 0 Å². The Hall–Kier alpha value is -2.56. The van der Waals surface area contributed by atoms with E-state index in [0.717, 1.165) is 22.7 Å². The van der Waals surface area contributed by atoms with Crippen molar-refractivity contribution >= 4 is 5.65 Å². The molecule has 1 N–H and O–H groups in total. The van der Waals surface area contributed by atoms with Gasteiger partial charge in [-0.05, 0) is 31.2 Å². The van der Waals surface area contributed by atoms with Gasteiger partial charge in [0.15, 0.2) is 0 Å². The maximum absolute atomic E-state index is 11.8. The number of aromatic amines is 1. The number of rotatable bonds is 2. The number of aryl methyl sites for hydroxylation is 1. The van der Waals surface area contributed by atoms with E-state index in [2.05, 4.69) is 10.1 Å². The number of methoxy groups -OCH3 is 1. The highest BCUT2D eigenvalue weighted by molar-refractivity contribution is 5.63. The number of aromatic nitrogens is 3. The molecule has 5 nitrogen and oxygen atoms in total. The van der Waals surface area contributed by atoms with Crippen molar-refractivity contribution in [3.8, 4) is 17.0 Å². The minimum absolute atomic E-state index is 0.0870. The van der Waals surface area contributed by atoms with Crippen LogP contribution < -0.4 is 10.2 Å². The first-order chi connectivity index (χ1) is 9.19. The molecule has 3 aromatic rings. The SMILES string of the molecule is COc1ccc(-c2cnc3c(=O)cc(C)[nH]n23)cc1. The molecule has 0 bridgehead atoms. The molecular formula is C14H13N3O2. The Morgan fingerprint density at radius 2 is 2.00 bits per heavy atom. The van der Waals surface area contributed by atoms with Crippen molar-refractivity contribution in [3.05, 3.63) is 52.4 Å². The topological polar surface area (TPSA) is 59.4 Å². The summed E-state index contributed by atoms with van der Waals surface area (Å²) in [6.45, 7) is 1.85. The van der Waals surface area contributed by atoms with Crippen molar-refractivity contribution in [1.29, 1.82) is 0 Å². The minimum Gasteiger partial charge on any atom is -0.497 e. The van der Waals surface area contributed by atoms with Crippen molar-refractivity contribution in [2.45, 2.75) is 6.92 Å². The van der Waals surface area contributed by atoms with Crippen LogP contribution in [0.3, 0.4) is 0 Å². The van der Waals surface area contributed by atoms with Gasteiger partial charge in [0.1, 0.15) is 5.75 Å². The van der Waals surface area contributed by atoms with Crippen molar-refractivity contribution < 1.29 is 4.74 Å². The predicted molar refractivity (Wildman–Crippen MR) is 72.5 cm³/mol. The summed E-state index contributed by atoms with van der Waals surface area (Å²) in [5.74, 6) is 0.794. The van der Waals surface area contributed by atoms with Crippen molar-refractivity contribution in [2.24, 2.45) is 0 Å². The molecule has 3 rings (SSSR count). The highest BCUT2D eigenvalue weighted by atomic mass is 16.5. The maximum atomic E-state index is 11.8. The average molecular weight is 255 g/mol. The normalized spacial score (nSPS) is 10.8. The zero-order valence-corrected chi connectivity index (χ0v) is 10.7. The molecule has 0 radical (unpaired) electrons. The Kier molecular flexibility index (Phi) is 2.59. The first kappa shape index (κ1) is 11.5. The third-order valence-electron chi connectivity index (χ3n) is 3.00. The van der Waals surface area contributed by atoms with Crippen LogP contribution in [0.1, 0.15) is 5.69 Å². The molecule has 0 aliphatic rings. The maximum Gasteiger partial charge on any atom is 0.224 e. The zero-order valence-electron chi connectivity index (χ0n) is 10.7. The molecule has 0 unspecified atom stereocenters. The van der Waals surface area contributed by atoms with E-state index in [1.165, 1.54) is 0 Å². The second kappa shape index (κ2) is 4.28. The van der Waals surface area contributed by atoms with Gasteiger partial charge in [-0.25, -0.2) is 9.50 Å². The number of benzene rings is 1. The molecular weight excluding hydrogens is 242 g/mol. The lowest BCUT2D eigenvalue weighted by atomic mass is 10.1. The second-order valence-electron chi connectivity index (χ2n) is 4.33. The lowest BCUT2D eigenvalue weighted by Gasteiger charge is -2.04. The van der Waals surface area contributed by atoms with E-state index in [1.54, 1.807) is 23.9 Å². The number of nitrogens with one attached hydrogen (secondary N) is 1. The van der Waals surface area contributed by atoms with Gasteiger partial charge in [-0.3, -0.25) is 9.89 Å². The summed E-state index contributed by atoms with van der Waals surface area (Å²) in [7, 11) is 1.63. The Morgan fingerprint density at radius 1 is 1.26 bits per heavy atom. The van der Waals surface area contributed by atoms with Gasteiger partial charge in [0.05, 0.1) is 19.0 Å². The highest BCUT2D eigenvalue weighted by Crippen LogP contribution is 2.22. The number of nitrogens with zero attached hydrogens (tertiary/aromatic N) is 2. The minimum atomic E-state index is -0.0870. The number of H-pyrrole nitrogens is 1. The summed E-state index contributed by atoms with van der Waals surface area (Å²) in [5, 5.41) is 3.13. The first-order valence-electron chi connectivity index (χ1n) is 5.91. The second-order valence-corrected chi connectivity index (χ2v) is 4.33. The van der Waals surface area contributed by atoms with Crippen molar-refractivity contribution in [2.75, 3.05) is 7.11 Å². The quantitative estimate of drug-likeness (QED) is 0.762. The van der Waals surface area contributed by atoms with Crippen LogP contribution in [0, 0.1) is 6.92 Å². The van der Waals surface area contributed by atoms with Gasteiger partial charge >= 0.3 is 0 Å². The molecule has 1 aromatic carbocycles. The molecule has 0 spiro atoms. The van der Waals surface area contributed by atoms with E-state index in [4.69, 9.17) is 4.74 Å². The predicted octanol–water partition coefficient (Wildman–Crippen LogP) is 2.01. The summed E-state index contributed by atoms with van der Waals surface area (Å²) in [6, 6.07) is 9.16. The largest absolute Gasteiger partial charge is 0.497 e. The summed E-state index contributed by atoms with van der Waals surface area (Å²) < 4.78 is 6.84. The van der Waals surface area contributed by atoms with E-state index in [9.17, 15) is 4.79 Å². The zero-order chi connectivity index (χ0) is 13.4. The van der Waals surface area contributed by atoms with Crippen LogP contribution in [-0.4, -0.2) is 21.7 Å². The van der Waals surface area contributed by atoms with Gasteiger partial charge < -0.3 is 4.74 Å². The van der Waals surface area contributed by atoms with Gasteiger partial charge in [0, 0.05) is 17.3 Å².